The molecule has 12 heavy (non-hydrogen) atoms. The molecule has 0 saturated carbocycles. The number of alkyl halides is 1. The quantitative estimate of drug-likeness (QED) is 0.625. The summed E-state index contributed by atoms with van der Waals surface area (Å²) in [5.74, 6) is 0. The van der Waals surface area contributed by atoms with Gasteiger partial charge in [0.1, 0.15) is 0 Å². The van der Waals surface area contributed by atoms with E-state index in [-0.39, 0.29) is 0 Å². The number of halogens is 1. The molecule has 2 heteroatoms. The van der Waals surface area contributed by atoms with Crippen LogP contribution in [0.15, 0.2) is 30.3 Å². The Hall–Kier alpha value is -0.890. The third-order valence-corrected chi connectivity index (χ3v) is 1.96. The van der Waals surface area contributed by atoms with Crippen molar-refractivity contribution in [3.63, 3.8) is 0 Å². The smallest absolute Gasteiger partial charge is 0.179 e. The highest BCUT2D eigenvalue weighted by Gasteiger charge is 2.12. The van der Waals surface area contributed by atoms with E-state index in [9.17, 15) is 4.39 Å². The van der Waals surface area contributed by atoms with Crippen LogP contribution in [0.4, 0.5) is 4.39 Å². The van der Waals surface area contributed by atoms with Crippen molar-refractivity contribution in [2.24, 2.45) is 0 Å². The second-order valence-electron chi connectivity index (χ2n) is 2.82. The van der Waals surface area contributed by atoms with Crippen molar-refractivity contribution in [2.45, 2.75) is 13.2 Å². The first-order valence-corrected chi connectivity index (χ1v) is 4.15. The van der Waals surface area contributed by atoms with Crippen molar-refractivity contribution in [1.29, 1.82) is 0 Å². The van der Waals surface area contributed by atoms with Gasteiger partial charge in [-0.05, 0) is 13.6 Å². The average molecular weight is 167 g/mol. The van der Waals surface area contributed by atoms with Gasteiger partial charge in [-0.25, -0.2) is 4.39 Å². The molecule has 0 aromatic heterocycles. The molecule has 0 fully saturated rings. The van der Waals surface area contributed by atoms with Gasteiger partial charge in [0.15, 0.2) is 6.30 Å². The molecular weight excluding hydrogens is 153 g/mol. The van der Waals surface area contributed by atoms with E-state index >= 15 is 0 Å². The van der Waals surface area contributed by atoms with Gasteiger partial charge in [0, 0.05) is 5.56 Å². The first kappa shape index (κ1) is 9.20. The lowest BCUT2D eigenvalue weighted by atomic mass is 10.2. The molecule has 0 saturated heterocycles. The van der Waals surface area contributed by atoms with Crippen molar-refractivity contribution >= 4 is 0 Å². The summed E-state index contributed by atoms with van der Waals surface area (Å²) >= 11 is 0. The summed E-state index contributed by atoms with van der Waals surface area (Å²) in [6.45, 7) is 2.66. The standard InChI is InChI=1S/C10H14FN/c1-3-12(2)10(11)9-7-5-4-6-8-9/h4-8,10H,3H2,1-2H3. The fourth-order valence-corrected chi connectivity index (χ4v) is 1.03. The molecule has 0 N–H and O–H groups in total. The maximum absolute atomic E-state index is 13.5. The van der Waals surface area contributed by atoms with Crippen LogP contribution < -0.4 is 0 Å². The van der Waals surface area contributed by atoms with E-state index < -0.39 is 6.30 Å². The first-order valence-electron chi connectivity index (χ1n) is 4.15. The molecule has 1 rings (SSSR count). The summed E-state index contributed by atoms with van der Waals surface area (Å²) in [6, 6.07) is 9.20. The Kier molecular flexibility index (Phi) is 3.23. The molecule has 0 heterocycles. The maximum Gasteiger partial charge on any atom is 0.179 e. The molecular formula is C10H14FN. The lowest BCUT2D eigenvalue weighted by molar-refractivity contribution is 0.117. The molecule has 0 aliphatic rings. The second-order valence-corrected chi connectivity index (χ2v) is 2.82. The van der Waals surface area contributed by atoms with Gasteiger partial charge in [-0.2, -0.15) is 0 Å². The molecule has 1 aromatic carbocycles. The fraction of sp³-hybridized carbons (Fsp3) is 0.400. The predicted molar refractivity (Wildman–Crippen MR) is 48.6 cm³/mol. The van der Waals surface area contributed by atoms with Crippen LogP contribution in [0, 0.1) is 0 Å². The second kappa shape index (κ2) is 4.21. The van der Waals surface area contributed by atoms with Crippen LogP contribution in [-0.2, 0) is 0 Å². The molecule has 66 valence electrons. The number of nitrogens with zero attached hydrogens (tertiary/aromatic N) is 1. The average Bonchev–Trinajstić information content (AvgIpc) is 2.17. The van der Waals surface area contributed by atoms with Gasteiger partial charge in [-0.3, -0.25) is 4.90 Å². The zero-order valence-corrected chi connectivity index (χ0v) is 7.50. The van der Waals surface area contributed by atoms with Crippen LogP contribution in [0.5, 0.6) is 0 Å². The van der Waals surface area contributed by atoms with Crippen LogP contribution in [-0.4, -0.2) is 18.5 Å². The lowest BCUT2D eigenvalue weighted by Crippen LogP contribution is -2.20. The van der Waals surface area contributed by atoms with Gasteiger partial charge in [-0.15, -0.1) is 0 Å². The number of rotatable bonds is 3. The minimum atomic E-state index is -0.976. The Balaban J connectivity index is 2.71. The summed E-state index contributed by atoms with van der Waals surface area (Å²) < 4.78 is 13.5. The minimum absolute atomic E-state index is 0.718. The van der Waals surface area contributed by atoms with Crippen LogP contribution in [0.25, 0.3) is 0 Å². The Bertz CT molecular complexity index is 223. The van der Waals surface area contributed by atoms with Gasteiger partial charge in [0.05, 0.1) is 0 Å². The zero-order chi connectivity index (χ0) is 8.97. The summed E-state index contributed by atoms with van der Waals surface area (Å²) in [6.07, 6.45) is -0.976. The topological polar surface area (TPSA) is 3.24 Å². The van der Waals surface area contributed by atoms with Crippen LogP contribution in [0.3, 0.4) is 0 Å². The normalized spacial score (nSPS) is 13.3. The van der Waals surface area contributed by atoms with Gasteiger partial charge < -0.3 is 0 Å². The van der Waals surface area contributed by atoms with Gasteiger partial charge >= 0.3 is 0 Å². The van der Waals surface area contributed by atoms with Crippen LogP contribution in [0.2, 0.25) is 0 Å². The van der Waals surface area contributed by atoms with Crippen molar-refractivity contribution < 1.29 is 4.39 Å². The Labute approximate surface area is 72.8 Å². The predicted octanol–water partition coefficient (Wildman–Crippen LogP) is 2.61. The minimum Gasteiger partial charge on any atom is -0.274 e. The highest BCUT2D eigenvalue weighted by atomic mass is 19.1. The Morgan fingerprint density at radius 1 is 1.33 bits per heavy atom. The van der Waals surface area contributed by atoms with Crippen LogP contribution in [0.1, 0.15) is 18.8 Å². The summed E-state index contributed by atoms with van der Waals surface area (Å²) in [5, 5.41) is 0. The fourth-order valence-electron chi connectivity index (χ4n) is 1.03. The maximum atomic E-state index is 13.5. The molecule has 1 nitrogen and oxygen atoms in total. The molecule has 0 aliphatic carbocycles. The van der Waals surface area contributed by atoms with Crippen molar-refractivity contribution in [2.75, 3.05) is 13.6 Å². The number of benzene rings is 1. The van der Waals surface area contributed by atoms with E-state index in [0.29, 0.717) is 0 Å². The van der Waals surface area contributed by atoms with E-state index in [1.54, 1.807) is 24.1 Å². The number of hydrogen-bond acceptors (Lipinski definition) is 1. The summed E-state index contributed by atoms with van der Waals surface area (Å²) in [4.78, 5) is 1.66. The van der Waals surface area contributed by atoms with E-state index in [4.69, 9.17) is 0 Å². The zero-order valence-electron chi connectivity index (χ0n) is 7.50. The molecule has 0 aliphatic heterocycles. The summed E-state index contributed by atoms with van der Waals surface area (Å²) in [5.41, 5.74) is 0.724. The molecule has 1 atom stereocenters. The molecule has 1 unspecified atom stereocenters. The third-order valence-electron chi connectivity index (χ3n) is 1.96. The van der Waals surface area contributed by atoms with E-state index in [1.165, 1.54) is 0 Å². The third kappa shape index (κ3) is 2.05. The van der Waals surface area contributed by atoms with E-state index in [1.807, 2.05) is 25.1 Å². The molecule has 0 bridgehead atoms. The van der Waals surface area contributed by atoms with Gasteiger partial charge in [-0.1, -0.05) is 37.3 Å². The Morgan fingerprint density at radius 3 is 2.42 bits per heavy atom. The van der Waals surface area contributed by atoms with Crippen molar-refractivity contribution in [3.05, 3.63) is 35.9 Å². The largest absolute Gasteiger partial charge is 0.274 e. The number of hydrogen-bond donors (Lipinski definition) is 0. The highest BCUT2D eigenvalue weighted by molar-refractivity contribution is 5.16. The van der Waals surface area contributed by atoms with Gasteiger partial charge in [0.2, 0.25) is 0 Å². The first-order chi connectivity index (χ1) is 5.75. The van der Waals surface area contributed by atoms with Gasteiger partial charge in [0.25, 0.3) is 0 Å². The molecule has 1 aromatic rings. The lowest BCUT2D eigenvalue weighted by Gasteiger charge is -2.19. The molecule has 0 spiro atoms. The van der Waals surface area contributed by atoms with Crippen LogP contribution >= 0.6 is 0 Å². The summed E-state index contributed by atoms with van der Waals surface area (Å²) in [7, 11) is 1.78. The van der Waals surface area contributed by atoms with Crippen molar-refractivity contribution in [1.82, 2.24) is 4.90 Å². The Morgan fingerprint density at radius 2 is 1.92 bits per heavy atom. The SMILES string of the molecule is CCN(C)C(F)c1ccccc1. The van der Waals surface area contributed by atoms with E-state index in [2.05, 4.69) is 0 Å². The monoisotopic (exact) mass is 167 g/mol. The molecule has 0 radical (unpaired) electrons. The van der Waals surface area contributed by atoms with E-state index in [0.717, 1.165) is 12.1 Å². The molecule has 0 amide bonds. The van der Waals surface area contributed by atoms with Crippen molar-refractivity contribution in [3.8, 4) is 0 Å². The highest BCUT2D eigenvalue weighted by Crippen LogP contribution is 2.19.